The highest BCUT2D eigenvalue weighted by Gasteiger charge is 2.10. The molecule has 0 aliphatic rings. The number of rotatable bonds is 0. The van der Waals surface area contributed by atoms with Crippen LogP contribution in [0.25, 0.3) is 11.0 Å². The number of hydrogen-bond donors (Lipinski definition) is 2. The molecule has 0 saturated heterocycles. The maximum Gasteiger partial charge on any atom is 0.363 e. The Balaban J connectivity index is 2.99. The first kappa shape index (κ1) is 8.62. The lowest BCUT2D eigenvalue weighted by Gasteiger charge is -2.02. The number of aromatic hydroxyl groups is 1. The second kappa shape index (κ2) is 2.77. The molecule has 0 atom stereocenters. The van der Waals surface area contributed by atoms with Gasteiger partial charge in [-0.2, -0.15) is 0 Å². The zero-order chi connectivity index (χ0) is 10.3. The topological polar surface area (TPSA) is 76.5 Å². The molecule has 4 heteroatoms. The summed E-state index contributed by atoms with van der Waals surface area (Å²) in [6.07, 6.45) is 0. The fourth-order valence-corrected chi connectivity index (χ4v) is 1.31. The van der Waals surface area contributed by atoms with E-state index in [1.807, 2.05) is 6.92 Å². The second-order valence-corrected chi connectivity index (χ2v) is 3.15. The first-order chi connectivity index (χ1) is 6.59. The van der Waals surface area contributed by atoms with Gasteiger partial charge in [-0.3, -0.25) is 0 Å². The first-order valence-electron chi connectivity index (χ1n) is 4.11. The molecule has 0 bridgehead atoms. The van der Waals surface area contributed by atoms with E-state index in [1.165, 1.54) is 0 Å². The number of nitrogen functional groups attached to an aromatic ring is 1. The monoisotopic (exact) mass is 191 g/mol. The Morgan fingerprint density at radius 2 is 2.14 bits per heavy atom. The van der Waals surface area contributed by atoms with Crippen LogP contribution in [0.5, 0.6) is 5.75 Å². The molecular weight excluding hydrogens is 182 g/mol. The van der Waals surface area contributed by atoms with Crippen LogP contribution in [-0.2, 0) is 0 Å². The summed E-state index contributed by atoms with van der Waals surface area (Å²) in [7, 11) is 0. The zero-order valence-corrected chi connectivity index (χ0v) is 7.57. The van der Waals surface area contributed by atoms with Crippen LogP contribution in [0.1, 0.15) is 5.56 Å². The molecular formula is C10H9NO3. The van der Waals surface area contributed by atoms with Gasteiger partial charge in [-0.1, -0.05) is 11.6 Å². The third-order valence-electron chi connectivity index (χ3n) is 2.07. The normalized spacial score (nSPS) is 10.6. The van der Waals surface area contributed by atoms with Crippen LogP contribution in [0, 0.1) is 6.92 Å². The van der Waals surface area contributed by atoms with Crippen molar-refractivity contribution < 1.29 is 9.52 Å². The van der Waals surface area contributed by atoms with Gasteiger partial charge in [0.25, 0.3) is 0 Å². The molecule has 0 radical (unpaired) electrons. The summed E-state index contributed by atoms with van der Waals surface area (Å²) in [5.41, 5.74) is 5.68. The van der Waals surface area contributed by atoms with E-state index in [-0.39, 0.29) is 11.4 Å². The van der Waals surface area contributed by atoms with Crippen molar-refractivity contribution >= 4 is 16.7 Å². The van der Waals surface area contributed by atoms with Gasteiger partial charge in [-0.05, 0) is 19.1 Å². The lowest BCUT2D eigenvalue weighted by atomic mass is 10.1. The van der Waals surface area contributed by atoms with Gasteiger partial charge in [-0.25, -0.2) is 4.79 Å². The number of nitrogens with two attached hydrogens (primary N) is 1. The van der Waals surface area contributed by atoms with Gasteiger partial charge in [0.1, 0.15) is 5.58 Å². The van der Waals surface area contributed by atoms with Crippen LogP contribution < -0.4 is 11.4 Å². The minimum absolute atomic E-state index is 0.208. The second-order valence-electron chi connectivity index (χ2n) is 3.15. The smallest absolute Gasteiger partial charge is 0.363 e. The van der Waals surface area contributed by atoms with Crippen LogP contribution in [0.4, 0.5) is 5.69 Å². The molecule has 0 saturated carbocycles. The van der Waals surface area contributed by atoms with Gasteiger partial charge in [-0.15, -0.1) is 0 Å². The molecule has 0 spiro atoms. The number of fused-ring (bicyclic) bond motifs is 1. The lowest BCUT2D eigenvalue weighted by Crippen LogP contribution is -2.06. The van der Waals surface area contributed by atoms with E-state index in [1.54, 1.807) is 18.2 Å². The largest absolute Gasteiger partial charge is 0.505 e. The molecule has 72 valence electrons. The van der Waals surface area contributed by atoms with Gasteiger partial charge in [0.2, 0.25) is 0 Å². The Morgan fingerprint density at radius 1 is 1.43 bits per heavy atom. The SMILES string of the molecule is Cc1ccc2oc(=O)c(N)c(O)c2c1. The molecule has 2 aromatic rings. The van der Waals surface area contributed by atoms with Crippen molar-refractivity contribution in [1.82, 2.24) is 0 Å². The highest BCUT2D eigenvalue weighted by molar-refractivity contribution is 5.87. The van der Waals surface area contributed by atoms with Gasteiger partial charge < -0.3 is 15.3 Å². The fourth-order valence-electron chi connectivity index (χ4n) is 1.31. The molecule has 0 aliphatic heterocycles. The molecule has 0 fully saturated rings. The van der Waals surface area contributed by atoms with Crippen LogP contribution in [-0.4, -0.2) is 5.11 Å². The Morgan fingerprint density at radius 3 is 2.86 bits per heavy atom. The van der Waals surface area contributed by atoms with Crippen molar-refractivity contribution in [1.29, 1.82) is 0 Å². The molecule has 1 aromatic carbocycles. The highest BCUT2D eigenvalue weighted by Crippen LogP contribution is 2.28. The van der Waals surface area contributed by atoms with E-state index in [2.05, 4.69) is 0 Å². The van der Waals surface area contributed by atoms with Crippen molar-refractivity contribution in [3.63, 3.8) is 0 Å². The van der Waals surface area contributed by atoms with Crippen LogP contribution in [0.2, 0.25) is 0 Å². The zero-order valence-electron chi connectivity index (χ0n) is 7.57. The minimum atomic E-state index is -0.709. The summed E-state index contributed by atoms with van der Waals surface area (Å²) in [5, 5.41) is 10.0. The van der Waals surface area contributed by atoms with E-state index in [0.29, 0.717) is 11.0 Å². The molecule has 2 rings (SSSR count). The summed E-state index contributed by atoms with van der Waals surface area (Å²) in [5.74, 6) is -0.208. The number of benzene rings is 1. The average molecular weight is 191 g/mol. The fraction of sp³-hybridized carbons (Fsp3) is 0.100. The third-order valence-corrected chi connectivity index (χ3v) is 2.07. The molecule has 1 aromatic heterocycles. The van der Waals surface area contributed by atoms with Gasteiger partial charge in [0.15, 0.2) is 11.4 Å². The van der Waals surface area contributed by atoms with Crippen LogP contribution >= 0.6 is 0 Å². The molecule has 0 unspecified atom stereocenters. The molecule has 14 heavy (non-hydrogen) atoms. The molecule has 4 nitrogen and oxygen atoms in total. The third kappa shape index (κ3) is 1.12. The number of anilines is 1. The summed E-state index contributed by atoms with van der Waals surface area (Å²) in [4.78, 5) is 11.1. The van der Waals surface area contributed by atoms with Gasteiger partial charge >= 0.3 is 5.63 Å². The van der Waals surface area contributed by atoms with Crippen LogP contribution in [0.15, 0.2) is 27.4 Å². The van der Waals surface area contributed by atoms with E-state index < -0.39 is 5.63 Å². The van der Waals surface area contributed by atoms with Crippen molar-refractivity contribution in [3.8, 4) is 5.75 Å². The summed E-state index contributed by atoms with van der Waals surface area (Å²) >= 11 is 0. The maximum absolute atomic E-state index is 11.1. The summed E-state index contributed by atoms with van der Waals surface area (Å²) in [6.45, 7) is 1.88. The highest BCUT2D eigenvalue weighted by atomic mass is 16.4. The maximum atomic E-state index is 11.1. The predicted octanol–water partition coefficient (Wildman–Crippen LogP) is 1.39. The van der Waals surface area contributed by atoms with Crippen molar-refractivity contribution in [2.75, 3.05) is 5.73 Å². The Bertz CT molecular complexity index is 557. The van der Waals surface area contributed by atoms with Crippen molar-refractivity contribution in [3.05, 3.63) is 34.2 Å². The molecule has 0 amide bonds. The molecule has 3 N–H and O–H groups in total. The molecule has 0 aliphatic carbocycles. The van der Waals surface area contributed by atoms with E-state index in [0.717, 1.165) is 5.56 Å². The first-order valence-corrected chi connectivity index (χ1v) is 4.11. The van der Waals surface area contributed by atoms with Crippen molar-refractivity contribution in [2.24, 2.45) is 0 Å². The van der Waals surface area contributed by atoms with Crippen LogP contribution in [0.3, 0.4) is 0 Å². The average Bonchev–Trinajstić information content (AvgIpc) is 2.16. The predicted molar refractivity (Wildman–Crippen MR) is 53.3 cm³/mol. The van der Waals surface area contributed by atoms with Gasteiger partial charge in [0, 0.05) is 0 Å². The quantitative estimate of drug-likeness (QED) is 0.617. The minimum Gasteiger partial charge on any atom is -0.505 e. The Hall–Kier alpha value is -1.97. The van der Waals surface area contributed by atoms with Gasteiger partial charge in [0.05, 0.1) is 5.39 Å². The van der Waals surface area contributed by atoms with E-state index >= 15 is 0 Å². The lowest BCUT2D eigenvalue weighted by molar-refractivity contribution is 0.472. The number of aryl methyl sites for hydroxylation is 1. The standard InChI is InChI=1S/C10H9NO3/c1-5-2-3-7-6(4-5)9(12)8(11)10(13)14-7/h2-4,12H,11H2,1H3. The van der Waals surface area contributed by atoms with E-state index in [9.17, 15) is 9.90 Å². The number of hydrogen-bond acceptors (Lipinski definition) is 4. The van der Waals surface area contributed by atoms with Crippen molar-refractivity contribution in [2.45, 2.75) is 6.92 Å². The van der Waals surface area contributed by atoms with E-state index in [4.69, 9.17) is 10.2 Å². The Labute approximate surface area is 79.6 Å². The summed E-state index contributed by atoms with van der Waals surface area (Å²) in [6, 6.07) is 5.14. The summed E-state index contributed by atoms with van der Waals surface area (Å²) < 4.78 is 4.89. The molecule has 1 heterocycles. The Kier molecular flexibility index (Phi) is 1.70.